The van der Waals surface area contributed by atoms with E-state index in [0.717, 1.165) is 24.4 Å². The number of likely N-dealkylation sites (tertiary alicyclic amines) is 1. The van der Waals surface area contributed by atoms with Crippen LogP contribution in [0.2, 0.25) is 0 Å². The van der Waals surface area contributed by atoms with E-state index >= 15 is 0 Å². The van der Waals surface area contributed by atoms with Gasteiger partial charge in [-0.15, -0.1) is 0 Å². The van der Waals surface area contributed by atoms with Gasteiger partial charge in [-0.05, 0) is 38.1 Å². The summed E-state index contributed by atoms with van der Waals surface area (Å²) in [5.41, 5.74) is 7.13. The van der Waals surface area contributed by atoms with Gasteiger partial charge in [0.05, 0.1) is 25.3 Å². The molecule has 0 aliphatic carbocycles. The van der Waals surface area contributed by atoms with Gasteiger partial charge in [0, 0.05) is 12.1 Å². The van der Waals surface area contributed by atoms with Crippen molar-refractivity contribution in [2.24, 2.45) is 5.73 Å². The first-order valence-corrected chi connectivity index (χ1v) is 8.65. The third-order valence-corrected chi connectivity index (χ3v) is 4.65. The molecule has 1 fully saturated rings. The summed E-state index contributed by atoms with van der Waals surface area (Å²) in [5.74, 6) is 1.30. The first kappa shape index (κ1) is 17.5. The van der Waals surface area contributed by atoms with Crippen molar-refractivity contribution in [3.63, 3.8) is 0 Å². The molecule has 0 bridgehead atoms. The summed E-state index contributed by atoms with van der Waals surface area (Å²) in [4.78, 5) is 14.8. The second kappa shape index (κ2) is 8.18. The summed E-state index contributed by atoms with van der Waals surface area (Å²) in [7, 11) is 1.68. The number of rotatable bonds is 7. The van der Waals surface area contributed by atoms with E-state index < -0.39 is 0 Å². The van der Waals surface area contributed by atoms with Crippen LogP contribution in [-0.2, 0) is 6.54 Å². The third kappa shape index (κ3) is 4.03. The predicted molar refractivity (Wildman–Crippen MR) is 95.5 cm³/mol. The molecule has 1 aromatic carbocycles. The van der Waals surface area contributed by atoms with Gasteiger partial charge in [0.2, 0.25) is 0 Å². The Morgan fingerprint density at radius 3 is 2.80 bits per heavy atom. The van der Waals surface area contributed by atoms with Crippen molar-refractivity contribution in [2.45, 2.75) is 25.4 Å². The van der Waals surface area contributed by atoms with Gasteiger partial charge in [0.1, 0.15) is 17.8 Å². The maximum absolute atomic E-state index is 12.4. The number of ether oxygens (including phenoxy) is 1. The quantitative estimate of drug-likeness (QED) is 0.806. The Labute approximate surface area is 147 Å². The molecular formula is C19H25N3O3. The number of para-hydroxylation sites is 1. The minimum Gasteiger partial charge on any atom is -0.496 e. The van der Waals surface area contributed by atoms with Crippen LogP contribution in [0.5, 0.6) is 5.75 Å². The molecule has 1 aromatic heterocycles. The normalized spacial score (nSPS) is 15.9. The molecule has 6 nitrogen and oxygen atoms in total. The van der Waals surface area contributed by atoms with E-state index in [-0.39, 0.29) is 18.5 Å². The highest BCUT2D eigenvalue weighted by molar-refractivity contribution is 5.94. The number of hydrogen-bond acceptors (Lipinski definition) is 5. The molecule has 25 heavy (non-hydrogen) atoms. The topological polar surface area (TPSA) is 80.7 Å². The lowest BCUT2D eigenvalue weighted by molar-refractivity contribution is 0.0936. The molecule has 0 radical (unpaired) electrons. The molecule has 134 valence electrons. The summed E-state index contributed by atoms with van der Waals surface area (Å²) in [6, 6.07) is 9.77. The number of carbonyl (C=O) groups is 1. The summed E-state index contributed by atoms with van der Waals surface area (Å²) in [6.07, 6.45) is 3.81. The maximum Gasteiger partial charge on any atom is 0.254 e. The van der Waals surface area contributed by atoms with Crippen LogP contribution >= 0.6 is 0 Å². The maximum atomic E-state index is 12.4. The SMILES string of the molecule is COc1ccccc1C(CNC(=O)c1coc(CN)c1)N1CCCC1. The Bertz CT molecular complexity index is 707. The highest BCUT2D eigenvalue weighted by Crippen LogP contribution is 2.31. The van der Waals surface area contributed by atoms with Crippen LogP contribution < -0.4 is 15.8 Å². The van der Waals surface area contributed by atoms with E-state index in [1.54, 1.807) is 13.2 Å². The summed E-state index contributed by atoms with van der Waals surface area (Å²) in [6.45, 7) is 2.86. The molecule has 1 atom stereocenters. The van der Waals surface area contributed by atoms with Crippen molar-refractivity contribution in [3.8, 4) is 5.75 Å². The van der Waals surface area contributed by atoms with Gasteiger partial charge in [0.25, 0.3) is 5.91 Å². The molecule has 1 amide bonds. The Balaban J connectivity index is 1.75. The molecule has 3 rings (SSSR count). The van der Waals surface area contributed by atoms with E-state index in [1.165, 1.54) is 19.1 Å². The van der Waals surface area contributed by atoms with Gasteiger partial charge in [-0.2, -0.15) is 0 Å². The van der Waals surface area contributed by atoms with Gasteiger partial charge >= 0.3 is 0 Å². The molecule has 0 spiro atoms. The molecule has 1 saturated heterocycles. The zero-order chi connectivity index (χ0) is 17.6. The van der Waals surface area contributed by atoms with E-state index in [0.29, 0.717) is 17.9 Å². The second-order valence-electron chi connectivity index (χ2n) is 6.22. The molecule has 1 aliphatic rings. The van der Waals surface area contributed by atoms with Gasteiger partial charge in [0.15, 0.2) is 0 Å². The molecule has 1 aliphatic heterocycles. The van der Waals surface area contributed by atoms with Crippen LogP contribution in [0, 0.1) is 0 Å². The van der Waals surface area contributed by atoms with Crippen molar-refractivity contribution in [1.82, 2.24) is 10.2 Å². The zero-order valence-corrected chi connectivity index (χ0v) is 14.5. The number of methoxy groups -OCH3 is 1. The van der Waals surface area contributed by atoms with E-state index in [2.05, 4.69) is 16.3 Å². The Kier molecular flexibility index (Phi) is 5.73. The van der Waals surface area contributed by atoms with Gasteiger partial charge in [-0.3, -0.25) is 9.69 Å². The largest absolute Gasteiger partial charge is 0.496 e. The highest BCUT2D eigenvalue weighted by Gasteiger charge is 2.26. The molecule has 3 N–H and O–H groups in total. The Hall–Kier alpha value is -2.31. The van der Waals surface area contributed by atoms with Crippen molar-refractivity contribution in [1.29, 1.82) is 0 Å². The van der Waals surface area contributed by atoms with Crippen LogP contribution in [-0.4, -0.2) is 37.6 Å². The summed E-state index contributed by atoms with van der Waals surface area (Å²) < 4.78 is 10.8. The third-order valence-electron chi connectivity index (χ3n) is 4.65. The van der Waals surface area contributed by atoms with Crippen molar-refractivity contribution >= 4 is 5.91 Å². The summed E-state index contributed by atoms with van der Waals surface area (Å²) in [5, 5.41) is 3.03. The second-order valence-corrected chi connectivity index (χ2v) is 6.22. The summed E-state index contributed by atoms with van der Waals surface area (Å²) >= 11 is 0. The fourth-order valence-corrected chi connectivity index (χ4v) is 3.33. The van der Waals surface area contributed by atoms with Crippen LogP contribution in [0.1, 0.15) is 40.6 Å². The van der Waals surface area contributed by atoms with E-state index in [4.69, 9.17) is 14.9 Å². The zero-order valence-electron chi connectivity index (χ0n) is 14.5. The number of amides is 1. The average molecular weight is 343 g/mol. The van der Waals surface area contributed by atoms with Gasteiger partial charge < -0.3 is 20.2 Å². The average Bonchev–Trinajstić information content (AvgIpc) is 3.34. The van der Waals surface area contributed by atoms with E-state index in [1.807, 2.05) is 18.2 Å². The minimum absolute atomic E-state index is 0.0866. The fourth-order valence-electron chi connectivity index (χ4n) is 3.33. The van der Waals surface area contributed by atoms with Crippen molar-refractivity contribution in [3.05, 3.63) is 53.5 Å². The van der Waals surface area contributed by atoms with Crippen LogP contribution in [0.15, 0.2) is 41.0 Å². The predicted octanol–water partition coefficient (Wildman–Crippen LogP) is 2.31. The molecule has 2 aromatic rings. The Morgan fingerprint density at radius 2 is 2.12 bits per heavy atom. The van der Waals surface area contributed by atoms with Crippen LogP contribution in [0.25, 0.3) is 0 Å². The number of furan rings is 1. The number of nitrogens with one attached hydrogen (secondary N) is 1. The van der Waals surface area contributed by atoms with Crippen molar-refractivity contribution < 1.29 is 13.9 Å². The minimum atomic E-state index is -0.150. The number of carbonyl (C=O) groups excluding carboxylic acids is 1. The van der Waals surface area contributed by atoms with Crippen LogP contribution in [0.4, 0.5) is 0 Å². The fraction of sp³-hybridized carbons (Fsp3) is 0.421. The number of nitrogens with two attached hydrogens (primary N) is 1. The lowest BCUT2D eigenvalue weighted by Crippen LogP contribution is -2.36. The Morgan fingerprint density at radius 1 is 1.36 bits per heavy atom. The smallest absolute Gasteiger partial charge is 0.254 e. The number of hydrogen-bond donors (Lipinski definition) is 2. The van der Waals surface area contributed by atoms with E-state index in [9.17, 15) is 4.79 Å². The lowest BCUT2D eigenvalue weighted by atomic mass is 10.0. The number of benzene rings is 1. The molecule has 1 unspecified atom stereocenters. The molecule has 6 heteroatoms. The lowest BCUT2D eigenvalue weighted by Gasteiger charge is -2.29. The standard InChI is InChI=1S/C19H25N3O3/c1-24-18-7-3-2-6-16(18)17(22-8-4-5-9-22)12-21-19(23)14-10-15(11-20)25-13-14/h2-3,6-7,10,13,17H,4-5,8-9,11-12,20H2,1H3,(H,21,23). The molecular weight excluding hydrogens is 318 g/mol. The van der Waals surface area contributed by atoms with Gasteiger partial charge in [-0.25, -0.2) is 0 Å². The van der Waals surface area contributed by atoms with Crippen LogP contribution in [0.3, 0.4) is 0 Å². The highest BCUT2D eigenvalue weighted by atomic mass is 16.5. The monoisotopic (exact) mass is 343 g/mol. The van der Waals surface area contributed by atoms with Crippen molar-refractivity contribution in [2.75, 3.05) is 26.7 Å². The first-order chi connectivity index (χ1) is 12.2. The first-order valence-electron chi connectivity index (χ1n) is 8.65. The molecule has 2 heterocycles. The number of nitrogens with zero attached hydrogens (tertiary/aromatic N) is 1. The van der Waals surface area contributed by atoms with Gasteiger partial charge in [-0.1, -0.05) is 18.2 Å². The molecule has 0 saturated carbocycles.